The van der Waals surface area contributed by atoms with E-state index in [1.165, 1.54) is 6.20 Å². The summed E-state index contributed by atoms with van der Waals surface area (Å²) in [7, 11) is 0. The van der Waals surface area contributed by atoms with Gasteiger partial charge in [0.2, 0.25) is 5.69 Å². The molecule has 0 saturated heterocycles. The van der Waals surface area contributed by atoms with E-state index in [0.29, 0.717) is 83.1 Å². The first-order valence-electron chi connectivity index (χ1n) is 15.4. The van der Waals surface area contributed by atoms with Gasteiger partial charge in [0.1, 0.15) is 23.9 Å². The molecule has 0 aliphatic heterocycles. The largest absolute Gasteiger partial charge is 0.494 e. The molecule has 4 rings (SSSR count). The minimum absolute atomic E-state index is 0.0193. The van der Waals surface area contributed by atoms with E-state index in [1.54, 1.807) is 18.3 Å². The zero-order valence-corrected chi connectivity index (χ0v) is 27.7. The van der Waals surface area contributed by atoms with Gasteiger partial charge in [-0.1, -0.05) is 38.4 Å². The molecule has 0 amide bonds. The molecule has 2 aromatic heterocycles. The SMILES string of the molecule is [C-]#[N+]c1cnc2cc(OCC)c(CC(=O)CCOCCOCCC(C)(C)C)cc2c1Nc1ccc(OCc2ccccn2)c(Cl)c1. The topological polar surface area (TPSA) is 96.2 Å². The van der Waals surface area contributed by atoms with Crippen LogP contribution in [0.3, 0.4) is 0 Å². The number of nitrogens with one attached hydrogen (secondary N) is 1. The Morgan fingerprint density at radius 2 is 1.78 bits per heavy atom. The molecule has 1 N–H and O–H groups in total. The summed E-state index contributed by atoms with van der Waals surface area (Å²) in [6.45, 7) is 18.9. The quantitative estimate of drug-likeness (QED) is 0.0902. The highest BCUT2D eigenvalue weighted by Crippen LogP contribution is 2.39. The summed E-state index contributed by atoms with van der Waals surface area (Å²) < 4.78 is 23.0. The zero-order valence-electron chi connectivity index (χ0n) is 26.9. The minimum atomic E-state index is 0.0193. The Balaban J connectivity index is 1.45. The molecule has 2 heterocycles. The summed E-state index contributed by atoms with van der Waals surface area (Å²) in [5.41, 5.74) is 3.92. The summed E-state index contributed by atoms with van der Waals surface area (Å²) in [6, 6.07) is 14.6. The second-order valence-corrected chi connectivity index (χ2v) is 12.3. The third-order valence-corrected chi connectivity index (χ3v) is 7.33. The molecule has 10 heteroatoms. The number of nitrogens with zero attached hydrogens (tertiary/aromatic N) is 3. The molecule has 0 saturated carbocycles. The zero-order chi connectivity index (χ0) is 32.9. The van der Waals surface area contributed by atoms with E-state index < -0.39 is 0 Å². The molecule has 242 valence electrons. The van der Waals surface area contributed by atoms with Crippen molar-refractivity contribution in [1.82, 2.24) is 9.97 Å². The number of carbonyl (C=O) groups excluding carboxylic acids is 1. The molecular formula is C36H41ClN4O5. The van der Waals surface area contributed by atoms with Gasteiger partial charge >= 0.3 is 0 Å². The number of hydrogen-bond donors (Lipinski definition) is 1. The van der Waals surface area contributed by atoms with Crippen LogP contribution in [0.2, 0.25) is 5.02 Å². The summed E-state index contributed by atoms with van der Waals surface area (Å²) in [5.74, 6) is 1.12. The van der Waals surface area contributed by atoms with Gasteiger partial charge in [-0.25, -0.2) is 4.85 Å². The number of carbonyl (C=O) groups is 1. The van der Waals surface area contributed by atoms with Crippen LogP contribution in [0, 0.1) is 12.0 Å². The van der Waals surface area contributed by atoms with Crippen molar-refractivity contribution in [2.75, 3.05) is 38.4 Å². The van der Waals surface area contributed by atoms with Crippen molar-refractivity contribution in [2.24, 2.45) is 5.41 Å². The molecule has 0 atom stereocenters. The number of Topliss-reactive ketones (excluding diaryl/α,β-unsaturated/α-hetero) is 1. The van der Waals surface area contributed by atoms with E-state index in [4.69, 9.17) is 37.1 Å². The smallest absolute Gasteiger partial charge is 0.228 e. The van der Waals surface area contributed by atoms with Crippen molar-refractivity contribution < 1.29 is 23.7 Å². The average molecular weight is 645 g/mol. The standard InChI is InChI=1S/C36H41ClN4O5/c1-6-45-34-22-31-29(20-25(34)19-28(42)12-15-43-17-18-44-16-13-36(2,3)4)35(32(38-5)23-40-31)41-26-10-11-33(30(37)21-26)46-24-27-9-7-8-14-39-27/h7-11,14,20-23H,6,12-13,15-19,24H2,1-4H3,(H,40,41). The highest BCUT2D eigenvalue weighted by molar-refractivity contribution is 6.32. The van der Waals surface area contributed by atoms with Gasteiger partial charge in [0.15, 0.2) is 0 Å². The molecule has 4 aromatic rings. The number of ketones is 1. The lowest BCUT2D eigenvalue weighted by molar-refractivity contribution is -0.119. The lowest BCUT2D eigenvalue weighted by Gasteiger charge is -2.17. The minimum Gasteiger partial charge on any atom is -0.494 e. The molecule has 0 bridgehead atoms. The fourth-order valence-electron chi connectivity index (χ4n) is 4.56. The summed E-state index contributed by atoms with van der Waals surface area (Å²) in [6.07, 6.45) is 4.64. The highest BCUT2D eigenvalue weighted by atomic mass is 35.5. The first-order chi connectivity index (χ1) is 22.2. The Labute approximate surface area is 276 Å². The molecule has 0 radical (unpaired) electrons. The molecular weight excluding hydrogens is 604 g/mol. The van der Waals surface area contributed by atoms with E-state index in [-0.39, 0.29) is 30.6 Å². The number of halogens is 1. The van der Waals surface area contributed by atoms with E-state index in [9.17, 15) is 4.79 Å². The average Bonchev–Trinajstić information content (AvgIpc) is 3.02. The summed E-state index contributed by atoms with van der Waals surface area (Å²) >= 11 is 6.56. The number of benzene rings is 2. The van der Waals surface area contributed by atoms with Gasteiger partial charge in [-0.05, 0) is 55.2 Å². The Kier molecular flexibility index (Phi) is 12.7. The first-order valence-corrected chi connectivity index (χ1v) is 15.8. The Bertz CT molecular complexity index is 1650. The van der Waals surface area contributed by atoms with Gasteiger partial charge in [0.05, 0.1) is 54.9 Å². The van der Waals surface area contributed by atoms with Crippen LogP contribution < -0.4 is 14.8 Å². The second-order valence-electron chi connectivity index (χ2n) is 11.9. The van der Waals surface area contributed by atoms with Gasteiger partial charge in [-0.15, -0.1) is 0 Å². The summed E-state index contributed by atoms with van der Waals surface area (Å²) in [4.78, 5) is 25.5. The number of fused-ring (bicyclic) bond motifs is 1. The van der Waals surface area contributed by atoms with Crippen LogP contribution >= 0.6 is 11.6 Å². The predicted octanol–water partition coefficient (Wildman–Crippen LogP) is 8.53. The van der Waals surface area contributed by atoms with Gasteiger partial charge in [0.25, 0.3) is 0 Å². The van der Waals surface area contributed by atoms with Gasteiger partial charge in [-0.2, -0.15) is 0 Å². The lowest BCUT2D eigenvalue weighted by Crippen LogP contribution is -2.13. The molecule has 0 aliphatic rings. The lowest BCUT2D eigenvalue weighted by atomic mass is 9.93. The Morgan fingerprint density at radius 3 is 2.48 bits per heavy atom. The molecule has 0 spiro atoms. The molecule has 9 nitrogen and oxygen atoms in total. The van der Waals surface area contributed by atoms with Crippen molar-refractivity contribution in [1.29, 1.82) is 0 Å². The maximum absolute atomic E-state index is 13.0. The van der Waals surface area contributed by atoms with E-state index in [2.05, 4.69) is 40.9 Å². The van der Waals surface area contributed by atoms with Crippen molar-refractivity contribution in [3.63, 3.8) is 0 Å². The van der Waals surface area contributed by atoms with Crippen LogP contribution in [0.4, 0.5) is 17.1 Å². The maximum atomic E-state index is 13.0. The van der Waals surface area contributed by atoms with Crippen LogP contribution in [-0.2, 0) is 27.3 Å². The Hall–Kier alpha value is -4.23. The maximum Gasteiger partial charge on any atom is 0.228 e. The Morgan fingerprint density at radius 1 is 0.978 bits per heavy atom. The van der Waals surface area contributed by atoms with Crippen LogP contribution in [-0.4, -0.2) is 48.8 Å². The highest BCUT2D eigenvalue weighted by Gasteiger charge is 2.17. The number of anilines is 2. The van der Waals surface area contributed by atoms with Crippen LogP contribution in [0.1, 0.15) is 51.8 Å². The van der Waals surface area contributed by atoms with Crippen molar-refractivity contribution in [2.45, 2.75) is 53.6 Å². The van der Waals surface area contributed by atoms with Crippen LogP contribution in [0.25, 0.3) is 15.7 Å². The summed E-state index contributed by atoms with van der Waals surface area (Å²) in [5, 5.41) is 4.45. The van der Waals surface area contributed by atoms with E-state index in [0.717, 1.165) is 12.1 Å². The number of ether oxygens (including phenoxy) is 4. The first kappa shape index (κ1) is 34.6. The van der Waals surface area contributed by atoms with Crippen molar-refractivity contribution >= 4 is 45.3 Å². The number of rotatable bonds is 17. The molecule has 0 aliphatic carbocycles. The second kappa shape index (κ2) is 16.9. The molecule has 0 fully saturated rings. The normalized spacial score (nSPS) is 11.3. The number of hydrogen-bond acceptors (Lipinski definition) is 8. The fourth-order valence-corrected chi connectivity index (χ4v) is 4.80. The van der Waals surface area contributed by atoms with Crippen LogP contribution in [0.5, 0.6) is 11.5 Å². The van der Waals surface area contributed by atoms with E-state index in [1.807, 2.05) is 43.3 Å². The van der Waals surface area contributed by atoms with Crippen LogP contribution in [0.15, 0.2) is 60.9 Å². The third-order valence-electron chi connectivity index (χ3n) is 7.03. The van der Waals surface area contributed by atoms with Gasteiger partial charge < -0.3 is 24.3 Å². The van der Waals surface area contributed by atoms with Crippen molar-refractivity contribution in [3.05, 3.63) is 88.6 Å². The van der Waals surface area contributed by atoms with E-state index >= 15 is 0 Å². The fraction of sp³-hybridized carbons (Fsp3) is 0.389. The molecule has 0 unspecified atom stereocenters. The third kappa shape index (κ3) is 10.4. The number of aromatic nitrogens is 2. The molecule has 2 aromatic carbocycles. The van der Waals surface area contributed by atoms with Crippen molar-refractivity contribution in [3.8, 4) is 11.5 Å². The monoisotopic (exact) mass is 644 g/mol. The van der Waals surface area contributed by atoms with Gasteiger partial charge in [-0.3, -0.25) is 14.8 Å². The van der Waals surface area contributed by atoms with Gasteiger partial charge in [0, 0.05) is 54.5 Å². The predicted molar refractivity (Wildman–Crippen MR) is 182 cm³/mol. The number of pyridine rings is 2. The molecule has 46 heavy (non-hydrogen) atoms.